The van der Waals surface area contributed by atoms with Gasteiger partial charge in [-0.2, -0.15) is 0 Å². The van der Waals surface area contributed by atoms with Gasteiger partial charge >= 0.3 is 5.97 Å². The summed E-state index contributed by atoms with van der Waals surface area (Å²) in [5.41, 5.74) is 2.83. The zero-order chi connectivity index (χ0) is 19.1. The number of fused-ring (bicyclic) bond motifs is 3. The highest BCUT2D eigenvalue weighted by Crippen LogP contribution is 2.53. The molecule has 1 aliphatic heterocycles. The van der Waals surface area contributed by atoms with Gasteiger partial charge < -0.3 is 19.7 Å². The Balaban J connectivity index is 2.15. The van der Waals surface area contributed by atoms with E-state index in [-0.39, 0.29) is 17.4 Å². The van der Waals surface area contributed by atoms with E-state index in [1.165, 1.54) is 5.57 Å². The van der Waals surface area contributed by atoms with E-state index >= 15 is 0 Å². The highest BCUT2D eigenvalue weighted by Gasteiger charge is 2.45. The molecule has 1 aromatic carbocycles. The van der Waals surface area contributed by atoms with Crippen LogP contribution in [-0.4, -0.2) is 28.1 Å². The summed E-state index contributed by atoms with van der Waals surface area (Å²) in [4.78, 5) is 11.8. The summed E-state index contributed by atoms with van der Waals surface area (Å²) in [6.45, 7) is 8.42. The molecule has 142 valence electrons. The second-order valence-corrected chi connectivity index (χ2v) is 7.94. The maximum atomic E-state index is 11.8. The lowest BCUT2D eigenvalue weighted by Crippen LogP contribution is -2.45. The van der Waals surface area contributed by atoms with E-state index in [4.69, 9.17) is 19.7 Å². The molecule has 2 N–H and O–H groups in total. The second-order valence-electron chi connectivity index (χ2n) is 7.94. The molecule has 5 heteroatoms. The Bertz CT molecular complexity index is 732. The minimum atomic E-state index is -2.15. The van der Waals surface area contributed by atoms with E-state index in [1.807, 2.05) is 12.1 Å². The molecule has 0 radical (unpaired) electrons. The number of aliphatic hydroxyl groups excluding tert-OH is 1. The first kappa shape index (κ1) is 18.9. The number of aryl methyl sites for hydroxylation is 1. The maximum absolute atomic E-state index is 11.8. The van der Waals surface area contributed by atoms with E-state index < -0.39 is 12.3 Å². The fraction of sp³-hybridized carbons (Fsp3) is 0.571. The van der Waals surface area contributed by atoms with Crippen molar-refractivity contribution in [3.8, 4) is 11.5 Å². The van der Waals surface area contributed by atoms with Crippen molar-refractivity contribution < 1.29 is 24.5 Å². The molecule has 0 bridgehead atoms. The van der Waals surface area contributed by atoms with Crippen LogP contribution >= 0.6 is 0 Å². The summed E-state index contributed by atoms with van der Waals surface area (Å²) in [6, 6.07) is 3.86. The minimum Gasteiger partial charge on any atom is -0.487 e. The molecule has 0 fully saturated rings. The van der Waals surface area contributed by atoms with Crippen molar-refractivity contribution in [1.29, 1.82) is 0 Å². The monoisotopic (exact) mass is 360 g/mol. The van der Waals surface area contributed by atoms with Crippen molar-refractivity contribution in [3.63, 3.8) is 0 Å². The van der Waals surface area contributed by atoms with Crippen LogP contribution in [0.4, 0.5) is 0 Å². The number of carbonyl (C=O) groups excluding carboxylic acids is 1. The first-order chi connectivity index (χ1) is 12.2. The minimum absolute atomic E-state index is 0.0804. The van der Waals surface area contributed by atoms with Gasteiger partial charge in [0.25, 0.3) is 6.29 Å². The van der Waals surface area contributed by atoms with Gasteiger partial charge in [0.2, 0.25) is 0 Å². The van der Waals surface area contributed by atoms with Crippen molar-refractivity contribution in [2.75, 3.05) is 0 Å². The Kier molecular flexibility index (Phi) is 5.13. The fourth-order valence-corrected chi connectivity index (χ4v) is 4.24. The molecule has 1 aliphatic carbocycles. The van der Waals surface area contributed by atoms with Crippen molar-refractivity contribution in [1.82, 2.24) is 0 Å². The lowest BCUT2D eigenvalue weighted by atomic mass is 9.68. The number of esters is 1. The standard InChI is InChI=1S/C21H28O5/c1-5-6-13-10-16(25-20(24)19(22)23)18-14-9-12(2)7-8-15(14)21(3,4)26-17(18)11-13/h9-11,14-15,19,22-23H,5-8H2,1-4H3. The zero-order valence-corrected chi connectivity index (χ0v) is 15.9. The molecule has 0 aromatic heterocycles. The van der Waals surface area contributed by atoms with Crippen LogP contribution in [0.1, 0.15) is 64.0 Å². The third-order valence-corrected chi connectivity index (χ3v) is 5.47. The molecule has 1 heterocycles. The summed E-state index contributed by atoms with van der Waals surface area (Å²) in [5.74, 6) is 0.381. The van der Waals surface area contributed by atoms with E-state index in [1.54, 1.807) is 0 Å². The lowest BCUT2D eigenvalue weighted by Gasteiger charge is -2.46. The Morgan fingerprint density at radius 1 is 1.38 bits per heavy atom. The second kappa shape index (κ2) is 7.05. The van der Waals surface area contributed by atoms with Crippen LogP contribution in [0.5, 0.6) is 11.5 Å². The molecule has 26 heavy (non-hydrogen) atoms. The van der Waals surface area contributed by atoms with Crippen LogP contribution in [0.15, 0.2) is 23.8 Å². The molecule has 2 unspecified atom stereocenters. The third kappa shape index (κ3) is 3.51. The number of aliphatic hydroxyl groups is 2. The van der Waals surface area contributed by atoms with Gasteiger partial charge in [-0.1, -0.05) is 25.0 Å². The average molecular weight is 360 g/mol. The molecular weight excluding hydrogens is 332 g/mol. The summed E-state index contributed by atoms with van der Waals surface area (Å²) in [5, 5.41) is 18.3. The predicted molar refractivity (Wildman–Crippen MR) is 98.2 cm³/mol. The SMILES string of the molecule is CCCc1cc(OC(=O)C(O)O)c2c(c1)OC(C)(C)C1CCC(C)=CC21. The molecule has 0 saturated carbocycles. The smallest absolute Gasteiger partial charge is 0.368 e. The third-order valence-electron chi connectivity index (χ3n) is 5.47. The summed E-state index contributed by atoms with van der Waals surface area (Å²) >= 11 is 0. The van der Waals surface area contributed by atoms with Crippen LogP contribution in [0.25, 0.3) is 0 Å². The fourth-order valence-electron chi connectivity index (χ4n) is 4.24. The zero-order valence-electron chi connectivity index (χ0n) is 15.9. The highest BCUT2D eigenvalue weighted by atomic mass is 16.6. The molecule has 2 aliphatic rings. The molecule has 1 aromatic rings. The van der Waals surface area contributed by atoms with Gasteiger partial charge in [0, 0.05) is 17.4 Å². The van der Waals surface area contributed by atoms with Crippen LogP contribution in [-0.2, 0) is 11.2 Å². The number of allylic oxidation sites excluding steroid dienone is 2. The van der Waals surface area contributed by atoms with Crippen molar-refractivity contribution in [3.05, 3.63) is 34.9 Å². The van der Waals surface area contributed by atoms with Crippen molar-refractivity contribution in [2.24, 2.45) is 5.92 Å². The summed E-state index contributed by atoms with van der Waals surface area (Å²) in [6.07, 6.45) is 3.90. The number of hydrogen-bond acceptors (Lipinski definition) is 5. The van der Waals surface area contributed by atoms with Gasteiger partial charge in [0.15, 0.2) is 0 Å². The van der Waals surface area contributed by atoms with Gasteiger partial charge in [-0.05, 0) is 57.7 Å². The molecular formula is C21H28O5. The quantitative estimate of drug-likeness (QED) is 0.372. The Morgan fingerprint density at radius 3 is 2.77 bits per heavy atom. The Labute approximate surface area is 154 Å². The van der Waals surface area contributed by atoms with Crippen molar-refractivity contribution >= 4 is 5.97 Å². The van der Waals surface area contributed by atoms with Gasteiger partial charge in [-0.25, -0.2) is 4.79 Å². The predicted octanol–water partition coefficient (Wildman–Crippen LogP) is 3.47. The van der Waals surface area contributed by atoms with E-state index in [2.05, 4.69) is 33.8 Å². The van der Waals surface area contributed by atoms with Gasteiger partial charge in [-0.15, -0.1) is 0 Å². The average Bonchev–Trinajstić information content (AvgIpc) is 2.53. The van der Waals surface area contributed by atoms with Gasteiger partial charge in [-0.3, -0.25) is 0 Å². The summed E-state index contributed by atoms with van der Waals surface area (Å²) < 4.78 is 11.7. The largest absolute Gasteiger partial charge is 0.487 e. The molecule has 0 spiro atoms. The van der Waals surface area contributed by atoms with Crippen LogP contribution in [0.2, 0.25) is 0 Å². The van der Waals surface area contributed by atoms with Gasteiger partial charge in [0.05, 0.1) is 0 Å². The maximum Gasteiger partial charge on any atom is 0.368 e. The van der Waals surface area contributed by atoms with Crippen molar-refractivity contribution in [2.45, 2.75) is 71.2 Å². The molecule has 3 rings (SSSR count). The number of hydrogen-bond donors (Lipinski definition) is 2. The normalized spacial score (nSPS) is 23.6. The molecule has 5 nitrogen and oxygen atoms in total. The number of benzene rings is 1. The molecule has 2 atom stereocenters. The highest BCUT2D eigenvalue weighted by molar-refractivity contribution is 5.76. The van der Waals surface area contributed by atoms with E-state index in [0.29, 0.717) is 5.75 Å². The van der Waals surface area contributed by atoms with E-state index in [0.717, 1.165) is 42.6 Å². The first-order valence-corrected chi connectivity index (χ1v) is 9.34. The van der Waals surface area contributed by atoms with E-state index in [9.17, 15) is 4.79 Å². The first-order valence-electron chi connectivity index (χ1n) is 9.34. The van der Waals surface area contributed by atoms with Crippen LogP contribution in [0.3, 0.4) is 0 Å². The number of rotatable bonds is 4. The van der Waals surface area contributed by atoms with Crippen LogP contribution < -0.4 is 9.47 Å². The van der Waals surface area contributed by atoms with Gasteiger partial charge in [0.1, 0.15) is 17.1 Å². The molecule has 0 saturated heterocycles. The Morgan fingerprint density at radius 2 is 2.12 bits per heavy atom. The summed E-state index contributed by atoms with van der Waals surface area (Å²) in [7, 11) is 0. The number of ether oxygens (including phenoxy) is 2. The topological polar surface area (TPSA) is 76.0 Å². The number of carbonyl (C=O) groups is 1. The van der Waals surface area contributed by atoms with Crippen LogP contribution in [0, 0.1) is 5.92 Å². The lowest BCUT2D eigenvalue weighted by molar-refractivity contribution is -0.162. The molecule has 0 amide bonds. The Hall–Kier alpha value is -1.85.